The number of carboxylic acid groups (broad SMARTS) is 1. The lowest BCUT2D eigenvalue weighted by molar-refractivity contribution is -0.159. The first kappa shape index (κ1) is 21.9. The minimum Gasteiger partial charge on any atom is -0.491 e. The lowest BCUT2D eigenvalue weighted by Gasteiger charge is -2.23. The highest BCUT2D eigenvalue weighted by Crippen LogP contribution is 2.31. The molecule has 2 unspecified atom stereocenters. The van der Waals surface area contributed by atoms with Crippen LogP contribution in [0.3, 0.4) is 0 Å². The Balaban J connectivity index is 1.31. The van der Waals surface area contributed by atoms with Crippen LogP contribution in [0, 0.1) is 0 Å². The Kier molecular flexibility index (Phi) is 6.43. The molecule has 4 rings (SSSR count). The summed E-state index contributed by atoms with van der Waals surface area (Å²) in [5, 5.41) is 20.6. The highest BCUT2D eigenvalue weighted by molar-refractivity contribution is 5.78. The zero-order valence-corrected chi connectivity index (χ0v) is 17.4. The van der Waals surface area contributed by atoms with Gasteiger partial charge in [-0.1, -0.05) is 12.1 Å². The first-order chi connectivity index (χ1) is 15.4. The molecule has 1 aliphatic rings. The predicted molar refractivity (Wildman–Crippen MR) is 115 cm³/mol. The SMILES string of the molecule is O=C(O)C1(Cc2cccc(OCC(O)COc3ccc4ccc(=O)oc4c3)c2)CCCO1. The summed E-state index contributed by atoms with van der Waals surface area (Å²) in [6.07, 6.45) is 0.545. The van der Waals surface area contributed by atoms with Crippen molar-refractivity contribution in [2.24, 2.45) is 0 Å². The molecule has 1 aromatic heterocycles. The van der Waals surface area contributed by atoms with E-state index >= 15 is 0 Å². The van der Waals surface area contributed by atoms with Crippen molar-refractivity contribution in [1.82, 2.24) is 0 Å². The van der Waals surface area contributed by atoms with E-state index in [1.807, 2.05) is 6.07 Å². The molecule has 2 aromatic carbocycles. The van der Waals surface area contributed by atoms with Gasteiger partial charge >= 0.3 is 11.6 Å². The summed E-state index contributed by atoms with van der Waals surface area (Å²) in [6, 6.07) is 15.2. The van der Waals surface area contributed by atoms with Crippen LogP contribution in [0.4, 0.5) is 0 Å². The van der Waals surface area contributed by atoms with Crippen LogP contribution in [0.2, 0.25) is 0 Å². The van der Waals surface area contributed by atoms with Gasteiger partial charge in [-0.2, -0.15) is 0 Å². The fourth-order valence-corrected chi connectivity index (χ4v) is 3.72. The van der Waals surface area contributed by atoms with Crippen LogP contribution in [0.15, 0.2) is 63.8 Å². The minimum absolute atomic E-state index is 0.00725. The zero-order valence-electron chi connectivity index (χ0n) is 17.4. The van der Waals surface area contributed by atoms with Gasteiger partial charge in [-0.25, -0.2) is 9.59 Å². The molecule has 1 fully saturated rings. The molecule has 0 radical (unpaired) electrons. The van der Waals surface area contributed by atoms with Crippen LogP contribution in [-0.4, -0.2) is 47.7 Å². The second-order valence-electron chi connectivity index (χ2n) is 7.81. The van der Waals surface area contributed by atoms with E-state index in [1.165, 1.54) is 6.07 Å². The average Bonchev–Trinajstić information content (AvgIpc) is 3.26. The second kappa shape index (κ2) is 9.42. The average molecular weight is 440 g/mol. The molecule has 1 aliphatic heterocycles. The third-order valence-electron chi connectivity index (χ3n) is 5.36. The number of hydrogen-bond acceptors (Lipinski definition) is 7. The molecule has 8 heteroatoms. The van der Waals surface area contributed by atoms with E-state index in [-0.39, 0.29) is 19.6 Å². The van der Waals surface area contributed by atoms with Crippen molar-refractivity contribution in [3.8, 4) is 11.5 Å². The number of fused-ring (bicyclic) bond motifs is 1. The van der Waals surface area contributed by atoms with Gasteiger partial charge in [-0.15, -0.1) is 0 Å². The maximum absolute atomic E-state index is 11.7. The largest absolute Gasteiger partial charge is 0.491 e. The first-order valence-corrected chi connectivity index (χ1v) is 10.4. The molecule has 1 saturated heterocycles. The summed E-state index contributed by atoms with van der Waals surface area (Å²) in [5.74, 6) is 0.0258. The van der Waals surface area contributed by atoms with Crippen molar-refractivity contribution in [2.75, 3.05) is 19.8 Å². The monoisotopic (exact) mass is 440 g/mol. The molecule has 32 heavy (non-hydrogen) atoms. The Morgan fingerprint density at radius 1 is 1.06 bits per heavy atom. The van der Waals surface area contributed by atoms with Crippen molar-refractivity contribution in [2.45, 2.75) is 31.0 Å². The Labute approximate surface area is 184 Å². The predicted octanol–water partition coefficient (Wildman–Crippen LogP) is 2.79. The lowest BCUT2D eigenvalue weighted by Crippen LogP contribution is -2.40. The third kappa shape index (κ3) is 5.09. The van der Waals surface area contributed by atoms with Gasteiger partial charge in [0.2, 0.25) is 0 Å². The molecular formula is C24H24O8. The lowest BCUT2D eigenvalue weighted by atomic mass is 9.91. The van der Waals surface area contributed by atoms with Gasteiger partial charge in [-0.3, -0.25) is 0 Å². The number of benzene rings is 2. The third-order valence-corrected chi connectivity index (χ3v) is 5.36. The number of rotatable bonds is 9. The van der Waals surface area contributed by atoms with Crippen LogP contribution in [0.1, 0.15) is 18.4 Å². The summed E-state index contributed by atoms with van der Waals surface area (Å²) in [7, 11) is 0. The molecule has 3 aromatic rings. The molecule has 8 nitrogen and oxygen atoms in total. The summed E-state index contributed by atoms with van der Waals surface area (Å²) < 4.78 is 21.9. The molecule has 2 N–H and O–H groups in total. The van der Waals surface area contributed by atoms with Crippen molar-refractivity contribution in [3.63, 3.8) is 0 Å². The molecule has 2 atom stereocenters. The van der Waals surface area contributed by atoms with Crippen molar-refractivity contribution in [3.05, 3.63) is 70.6 Å². The van der Waals surface area contributed by atoms with Crippen LogP contribution < -0.4 is 15.1 Å². The van der Waals surface area contributed by atoms with Gasteiger partial charge in [0.15, 0.2) is 5.60 Å². The minimum atomic E-state index is -1.19. The van der Waals surface area contributed by atoms with Crippen LogP contribution in [0.5, 0.6) is 11.5 Å². The Hall–Kier alpha value is -3.36. The first-order valence-electron chi connectivity index (χ1n) is 10.4. The maximum Gasteiger partial charge on any atom is 0.336 e. The maximum atomic E-state index is 11.7. The molecule has 0 amide bonds. The van der Waals surface area contributed by atoms with Gasteiger partial charge in [0, 0.05) is 30.5 Å². The number of carbonyl (C=O) groups is 1. The number of ether oxygens (including phenoxy) is 3. The highest BCUT2D eigenvalue weighted by Gasteiger charge is 2.42. The van der Waals surface area contributed by atoms with E-state index < -0.39 is 23.3 Å². The Morgan fingerprint density at radius 2 is 1.81 bits per heavy atom. The van der Waals surface area contributed by atoms with Gasteiger partial charge in [0.05, 0.1) is 0 Å². The van der Waals surface area contributed by atoms with Crippen LogP contribution >= 0.6 is 0 Å². The van der Waals surface area contributed by atoms with Gasteiger partial charge in [0.25, 0.3) is 0 Å². The van der Waals surface area contributed by atoms with E-state index in [0.717, 1.165) is 17.4 Å². The number of carboxylic acids is 1. The fourth-order valence-electron chi connectivity index (χ4n) is 3.72. The topological polar surface area (TPSA) is 115 Å². The Morgan fingerprint density at radius 3 is 2.53 bits per heavy atom. The fraction of sp³-hybridized carbons (Fsp3) is 0.333. The van der Waals surface area contributed by atoms with E-state index in [4.69, 9.17) is 18.6 Å². The van der Waals surface area contributed by atoms with E-state index in [9.17, 15) is 19.8 Å². The smallest absolute Gasteiger partial charge is 0.336 e. The van der Waals surface area contributed by atoms with E-state index in [0.29, 0.717) is 30.1 Å². The molecule has 2 heterocycles. The number of aliphatic hydroxyl groups excluding tert-OH is 1. The van der Waals surface area contributed by atoms with Crippen LogP contribution in [-0.2, 0) is 16.0 Å². The van der Waals surface area contributed by atoms with Gasteiger partial charge in [-0.05, 0) is 48.7 Å². The molecule has 0 aliphatic carbocycles. The highest BCUT2D eigenvalue weighted by atomic mass is 16.5. The Bertz CT molecular complexity index is 1150. The normalized spacial score (nSPS) is 19.0. The molecule has 168 valence electrons. The number of aliphatic carboxylic acids is 1. The van der Waals surface area contributed by atoms with Gasteiger partial charge in [0.1, 0.15) is 36.4 Å². The molecule has 0 spiro atoms. The molecular weight excluding hydrogens is 416 g/mol. The summed E-state index contributed by atoms with van der Waals surface area (Å²) in [6.45, 7) is 0.420. The van der Waals surface area contributed by atoms with Crippen molar-refractivity contribution < 1.29 is 33.6 Å². The summed E-state index contributed by atoms with van der Waals surface area (Å²) in [5.41, 5.74) is -0.442. The van der Waals surface area contributed by atoms with Crippen LogP contribution in [0.25, 0.3) is 11.0 Å². The zero-order chi connectivity index (χ0) is 22.6. The summed E-state index contributed by atoms with van der Waals surface area (Å²) in [4.78, 5) is 23.0. The van der Waals surface area contributed by atoms with E-state index in [1.54, 1.807) is 42.5 Å². The van der Waals surface area contributed by atoms with Gasteiger partial charge < -0.3 is 28.8 Å². The standard InChI is InChI=1S/C24H24O8/c25-18(15-30-20-7-5-17-6-8-22(26)32-21(17)12-20)14-29-19-4-1-3-16(11-19)13-24(23(27)28)9-2-10-31-24/h1,3-8,11-12,18,25H,2,9-10,13-15H2,(H,27,28). The number of aliphatic hydroxyl groups is 1. The van der Waals surface area contributed by atoms with Crippen molar-refractivity contribution >= 4 is 16.9 Å². The second-order valence-corrected chi connectivity index (χ2v) is 7.81. The molecule has 0 saturated carbocycles. The molecule has 0 bridgehead atoms. The number of hydrogen-bond donors (Lipinski definition) is 2. The summed E-state index contributed by atoms with van der Waals surface area (Å²) >= 11 is 0. The van der Waals surface area contributed by atoms with Crippen molar-refractivity contribution in [1.29, 1.82) is 0 Å². The van der Waals surface area contributed by atoms with E-state index in [2.05, 4.69) is 0 Å². The quantitative estimate of drug-likeness (QED) is 0.488.